The van der Waals surface area contributed by atoms with Crippen LogP contribution in [-0.2, 0) is 11.2 Å². The third-order valence-electron chi connectivity index (χ3n) is 3.45. The van der Waals surface area contributed by atoms with Crippen molar-refractivity contribution < 1.29 is 22.7 Å². The van der Waals surface area contributed by atoms with Gasteiger partial charge in [-0.15, -0.1) is 0 Å². The van der Waals surface area contributed by atoms with Crippen LogP contribution in [0.4, 0.5) is 14.5 Å². The van der Waals surface area contributed by atoms with Crippen LogP contribution in [0.1, 0.15) is 12.2 Å². The molecule has 0 saturated carbocycles. The number of carbonyl (C=O) groups is 1. The van der Waals surface area contributed by atoms with Crippen LogP contribution in [0.2, 0.25) is 0 Å². The zero-order valence-electron chi connectivity index (χ0n) is 12.7. The number of amides is 1. The summed E-state index contributed by atoms with van der Waals surface area (Å²) in [5.74, 6) is 0.328. The second kappa shape index (κ2) is 7.12. The maximum Gasteiger partial charge on any atom is 0.387 e. The lowest BCUT2D eigenvalue weighted by Gasteiger charge is -2.11. The third-order valence-corrected chi connectivity index (χ3v) is 3.45. The van der Waals surface area contributed by atoms with Gasteiger partial charge in [-0.2, -0.15) is 8.78 Å². The Labute approximate surface area is 137 Å². The van der Waals surface area contributed by atoms with Gasteiger partial charge in [-0.05, 0) is 24.3 Å². The predicted octanol–water partition coefficient (Wildman–Crippen LogP) is 4.61. The Hall–Kier alpha value is -2.89. The molecule has 6 heteroatoms. The number of benzene rings is 2. The van der Waals surface area contributed by atoms with E-state index in [-0.39, 0.29) is 23.8 Å². The molecule has 1 aromatic heterocycles. The summed E-state index contributed by atoms with van der Waals surface area (Å²) in [5.41, 5.74) is 0.982. The second-order valence-corrected chi connectivity index (χ2v) is 5.17. The summed E-state index contributed by atoms with van der Waals surface area (Å²) in [6, 6.07) is 15.5. The van der Waals surface area contributed by atoms with Gasteiger partial charge in [0.2, 0.25) is 5.91 Å². The van der Waals surface area contributed by atoms with Crippen molar-refractivity contribution >= 4 is 22.6 Å². The average Bonchev–Trinajstić information content (AvgIpc) is 2.97. The number of hydrogen-bond acceptors (Lipinski definition) is 3. The van der Waals surface area contributed by atoms with Crippen molar-refractivity contribution in [2.75, 3.05) is 5.32 Å². The number of anilines is 1. The van der Waals surface area contributed by atoms with E-state index in [1.807, 2.05) is 30.3 Å². The lowest BCUT2D eigenvalue weighted by molar-refractivity contribution is -0.116. The molecule has 0 unspecified atom stereocenters. The van der Waals surface area contributed by atoms with Gasteiger partial charge in [0.15, 0.2) is 0 Å². The molecule has 0 saturated heterocycles. The Morgan fingerprint density at radius 1 is 1.12 bits per heavy atom. The maximum atomic E-state index is 12.4. The normalized spacial score (nSPS) is 11.0. The highest BCUT2D eigenvalue weighted by atomic mass is 19.3. The summed E-state index contributed by atoms with van der Waals surface area (Å²) >= 11 is 0. The molecular formula is C18H15F2NO3. The number of aryl methyl sites for hydroxylation is 1. The molecule has 0 fully saturated rings. The first kappa shape index (κ1) is 16.0. The zero-order chi connectivity index (χ0) is 16.9. The molecule has 0 spiro atoms. The van der Waals surface area contributed by atoms with Crippen molar-refractivity contribution in [2.24, 2.45) is 0 Å². The zero-order valence-corrected chi connectivity index (χ0v) is 12.7. The number of hydrogen-bond donors (Lipinski definition) is 1. The summed E-state index contributed by atoms with van der Waals surface area (Å²) in [6.45, 7) is -2.95. The highest BCUT2D eigenvalue weighted by Crippen LogP contribution is 2.26. The molecule has 0 atom stereocenters. The standard InChI is InChI=1S/C18H15F2NO3/c19-18(20)24-16-8-4-2-6-14(16)21-17(22)10-9-13-11-12-5-1-3-7-15(12)23-13/h1-8,11,18H,9-10H2,(H,21,22). The molecule has 24 heavy (non-hydrogen) atoms. The van der Waals surface area contributed by atoms with E-state index in [1.165, 1.54) is 12.1 Å². The fourth-order valence-corrected chi connectivity index (χ4v) is 2.38. The Morgan fingerprint density at radius 3 is 2.67 bits per heavy atom. The second-order valence-electron chi connectivity index (χ2n) is 5.17. The molecule has 2 aromatic carbocycles. The molecule has 0 radical (unpaired) electrons. The minimum absolute atomic E-state index is 0.0652. The number of nitrogens with one attached hydrogen (secondary N) is 1. The smallest absolute Gasteiger partial charge is 0.387 e. The monoisotopic (exact) mass is 331 g/mol. The minimum Gasteiger partial charge on any atom is -0.461 e. The summed E-state index contributed by atoms with van der Waals surface area (Å²) in [6.07, 6.45) is 0.585. The largest absolute Gasteiger partial charge is 0.461 e. The quantitative estimate of drug-likeness (QED) is 0.718. The highest BCUT2D eigenvalue weighted by molar-refractivity contribution is 5.92. The van der Waals surface area contributed by atoms with Gasteiger partial charge in [0, 0.05) is 18.2 Å². The topological polar surface area (TPSA) is 51.5 Å². The SMILES string of the molecule is O=C(CCc1cc2ccccc2o1)Nc1ccccc1OC(F)F. The van der Waals surface area contributed by atoms with Gasteiger partial charge in [-0.1, -0.05) is 30.3 Å². The van der Waals surface area contributed by atoms with Crippen molar-refractivity contribution in [3.63, 3.8) is 0 Å². The van der Waals surface area contributed by atoms with Crippen LogP contribution in [0, 0.1) is 0 Å². The fourth-order valence-electron chi connectivity index (χ4n) is 2.38. The number of rotatable bonds is 6. The summed E-state index contributed by atoms with van der Waals surface area (Å²) in [4.78, 5) is 12.0. The van der Waals surface area contributed by atoms with E-state index in [1.54, 1.807) is 12.1 Å². The van der Waals surface area contributed by atoms with E-state index in [0.29, 0.717) is 12.2 Å². The van der Waals surface area contributed by atoms with Crippen molar-refractivity contribution in [2.45, 2.75) is 19.5 Å². The molecule has 1 N–H and O–H groups in total. The molecule has 3 aromatic rings. The Balaban J connectivity index is 1.61. The number of ether oxygens (including phenoxy) is 1. The summed E-state index contributed by atoms with van der Waals surface area (Å²) < 4.78 is 34.7. The number of alkyl halides is 2. The number of carbonyl (C=O) groups excluding carboxylic acids is 1. The fraction of sp³-hybridized carbons (Fsp3) is 0.167. The van der Waals surface area contributed by atoms with E-state index in [2.05, 4.69) is 10.1 Å². The first-order valence-corrected chi connectivity index (χ1v) is 7.43. The first-order chi connectivity index (χ1) is 11.6. The molecule has 3 rings (SSSR count). The minimum atomic E-state index is -2.95. The molecule has 1 heterocycles. The number of fused-ring (bicyclic) bond motifs is 1. The van der Waals surface area contributed by atoms with E-state index in [9.17, 15) is 13.6 Å². The Bertz CT molecular complexity index is 812. The van der Waals surface area contributed by atoms with E-state index in [4.69, 9.17) is 4.42 Å². The molecule has 1 amide bonds. The summed E-state index contributed by atoms with van der Waals surface area (Å²) in [5, 5.41) is 3.56. The summed E-state index contributed by atoms with van der Waals surface area (Å²) in [7, 11) is 0. The van der Waals surface area contributed by atoms with Crippen LogP contribution in [0.15, 0.2) is 59.0 Å². The lowest BCUT2D eigenvalue weighted by Crippen LogP contribution is -2.14. The van der Waals surface area contributed by atoms with E-state index >= 15 is 0 Å². The molecular weight excluding hydrogens is 316 g/mol. The van der Waals surface area contributed by atoms with Crippen LogP contribution >= 0.6 is 0 Å². The predicted molar refractivity (Wildman–Crippen MR) is 86.2 cm³/mol. The highest BCUT2D eigenvalue weighted by Gasteiger charge is 2.12. The van der Waals surface area contributed by atoms with Crippen LogP contribution in [0.3, 0.4) is 0 Å². The van der Waals surface area contributed by atoms with Crippen LogP contribution in [-0.4, -0.2) is 12.5 Å². The van der Waals surface area contributed by atoms with Gasteiger partial charge in [-0.3, -0.25) is 4.79 Å². The van der Waals surface area contributed by atoms with Crippen LogP contribution < -0.4 is 10.1 Å². The van der Waals surface area contributed by atoms with Crippen molar-refractivity contribution in [1.29, 1.82) is 0 Å². The third kappa shape index (κ3) is 3.90. The Morgan fingerprint density at radius 2 is 1.88 bits per heavy atom. The molecule has 124 valence electrons. The number of para-hydroxylation sites is 3. The van der Waals surface area contributed by atoms with Crippen LogP contribution in [0.5, 0.6) is 5.75 Å². The molecule has 4 nitrogen and oxygen atoms in total. The maximum absolute atomic E-state index is 12.4. The average molecular weight is 331 g/mol. The van der Waals surface area contributed by atoms with Crippen molar-refractivity contribution in [3.05, 3.63) is 60.4 Å². The van der Waals surface area contributed by atoms with Gasteiger partial charge >= 0.3 is 6.61 Å². The number of furan rings is 1. The lowest BCUT2D eigenvalue weighted by atomic mass is 10.2. The number of halogens is 2. The van der Waals surface area contributed by atoms with E-state index in [0.717, 1.165) is 11.0 Å². The van der Waals surface area contributed by atoms with Gasteiger partial charge in [-0.25, -0.2) is 0 Å². The molecule has 0 aliphatic heterocycles. The Kier molecular flexibility index (Phi) is 4.74. The van der Waals surface area contributed by atoms with Gasteiger partial charge in [0.05, 0.1) is 5.69 Å². The molecule has 0 bridgehead atoms. The van der Waals surface area contributed by atoms with Gasteiger partial charge in [0.25, 0.3) is 0 Å². The molecule has 0 aliphatic carbocycles. The van der Waals surface area contributed by atoms with Crippen molar-refractivity contribution in [3.8, 4) is 5.75 Å². The van der Waals surface area contributed by atoms with Crippen molar-refractivity contribution in [1.82, 2.24) is 0 Å². The van der Waals surface area contributed by atoms with Gasteiger partial charge in [0.1, 0.15) is 17.1 Å². The van der Waals surface area contributed by atoms with Crippen LogP contribution in [0.25, 0.3) is 11.0 Å². The molecule has 0 aliphatic rings. The van der Waals surface area contributed by atoms with E-state index < -0.39 is 6.61 Å². The first-order valence-electron chi connectivity index (χ1n) is 7.43. The van der Waals surface area contributed by atoms with Gasteiger partial charge < -0.3 is 14.5 Å².